The number of hydrogen-bond acceptors (Lipinski definition) is 8. The van der Waals surface area contributed by atoms with Crippen molar-refractivity contribution in [2.75, 3.05) is 20.1 Å². The molecule has 0 spiro atoms. The second kappa shape index (κ2) is 7.04. The molecular formula is C18H18N4O5. The predicted octanol–water partition coefficient (Wildman–Crippen LogP) is 1.54. The molecule has 9 heteroatoms. The minimum atomic E-state index is -1.24. The first kappa shape index (κ1) is 18.3. The number of phenols is 3. The van der Waals surface area contributed by atoms with Crippen LogP contribution in [0.25, 0.3) is 22.1 Å². The molecular weight excluding hydrogens is 352 g/mol. The van der Waals surface area contributed by atoms with E-state index in [1.165, 1.54) is 25.3 Å². The van der Waals surface area contributed by atoms with Crippen molar-refractivity contribution in [3.05, 3.63) is 28.8 Å². The number of phenolic OH excluding ortho intramolecular Hbond substituents is 3. The minimum absolute atomic E-state index is 0.0148. The second-order valence-electron chi connectivity index (χ2n) is 5.93. The fraction of sp³-hybridized carbons (Fsp3) is 0.222. The average Bonchev–Trinajstić information content (AvgIpc) is 2.65. The number of likely N-dealkylation sites (N-methyl/N-ethyl adjacent to an activating group) is 1. The largest absolute Gasteiger partial charge is 0.507 e. The molecule has 1 aromatic heterocycles. The summed E-state index contributed by atoms with van der Waals surface area (Å²) in [5.74, 6) is -2.03. The Hall–Kier alpha value is -3.46. The van der Waals surface area contributed by atoms with Crippen molar-refractivity contribution in [3.8, 4) is 17.2 Å². The van der Waals surface area contributed by atoms with E-state index in [1.807, 2.05) is 0 Å². The third-order valence-electron chi connectivity index (χ3n) is 4.19. The normalized spacial score (nSPS) is 11.6. The number of carbonyl (C=O) groups is 1. The molecule has 0 amide bonds. The maximum atomic E-state index is 11.5. The predicted molar refractivity (Wildman–Crippen MR) is 100 cm³/mol. The number of hydrogen-bond donors (Lipinski definition) is 5. The van der Waals surface area contributed by atoms with Crippen LogP contribution in [0.15, 0.2) is 17.1 Å². The Kier molecular flexibility index (Phi) is 4.78. The summed E-state index contributed by atoms with van der Waals surface area (Å²) in [5, 5.41) is 43.2. The van der Waals surface area contributed by atoms with Crippen LogP contribution in [0.1, 0.15) is 21.5 Å². The van der Waals surface area contributed by atoms with Crippen molar-refractivity contribution in [3.63, 3.8) is 0 Å². The summed E-state index contributed by atoms with van der Waals surface area (Å²) in [6, 6.07) is 2.42. The number of benzene rings is 2. The molecule has 0 saturated heterocycles. The lowest BCUT2D eigenvalue weighted by molar-refractivity contribution is 0.0699. The summed E-state index contributed by atoms with van der Waals surface area (Å²) in [4.78, 5) is 24.2. The summed E-state index contributed by atoms with van der Waals surface area (Å²) in [6.45, 7) is 2.58. The number of rotatable bonds is 5. The smallest absolute Gasteiger partial charge is 0.337 e. The van der Waals surface area contributed by atoms with Crippen molar-refractivity contribution < 1.29 is 25.2 Å². The fourth-order valence-corrected chi connectivity index (χ4v) is 2.71. The van der Waals surface area contributed by atoms with Gasteiger partial charge in [-0.15, -0.1) is 0 Å². The Balaban J connectivity index is 2.39. The number of aromatic nitrogens is 2. The zero-order valence-electron chi connectivity index (χ0n) is 14.7. The highest BCUT2D eigenvalue weighted by molar-refractivity contribution is 6.08. The molecule has 0 fully saturated rings. The maximum absolute atomic E-state index is 11.5. The van der Waals surface area contributed by atoms with Gasteiger partial charge in [0.2, 0.25) is 0 Å². The molecule has 0 saturated carbocycles. The van der Waals surface area contributed by atoms with Crippen molar-refractivity contribution >= 4 is 34.3 Å². The van der Waals surface area contributed by atoms with Gasteiger partial charge >= 0.3 is 5.97 Å². The second-order valence-corrected chi connectivity index (χ2v) is 5.93. The molecule has 2 aromatic carbocycles. The Morgan fingerprint density at radius 1 is 1.11 bits per heavy atom. The maximum Gasteiger partial charge on any atom is 0.337 e. The van der Waals surface area contributed by atoms with E-state index >= 15 is 0 Å². The Morgan fingerprint density at radius 3 is 2.48 bits per heavy atom. The summed E-state index contributed by atoms with van der Waals surface area (Å²) in [6.07, 6.45) is 1.42. The van der Waals surface area contributed by atoms with E-state index < -0.39 is 5.97 Å². The van der Waals surface area contributed by atoms with Gasteiger partial charge in [0.25, 0.3) is 0 Å². The third kappa shape index (κ3) is 3.08. The van der Waals surface area contributed by atoms with Gasteiger partial charge in [0.15, 0.2) is 0 Å². The minimum Gasteiger partial charge on any atom is -0.507 e. The van der Waals surface area contributed by atoms with E-state index in [9.17, 15) is 25.2 Å². The number of carboxylic acid groups (broad SMARTS) is 1. The number of nitrogens with one attached hydrogen (secondary N) is 1. The molecule has 3 rings (SSSR count). The van der Waals surface area contributed by atoms with Gasteiger partial charge in [-0.2, -0.15) is 0 Å². The van der Waals surface area contributed by atoms with Crippen LogP contribution in [-0.4, -0.2) is 62.7 Å². The van der Waals surface area contributed by atoms with E-state index in [2.05, 4.69) is 20.3 Å². The molecule has 0 aliphatic carbocycles. The zero-order valence-corrected chi connectivity index (χ0v) is 14.7. The van der Waals surface area contributed by atoms with Crippen LogP contribution in [0.2, 0.25) is 0 Å². The number of aromatic carboxylic acids is 1. The zero-order chi connectivity index (χ0) is 19.7. The Bertz CT molecular complexity index is 1090. The van der Waals surface area contributed by atoms with Gasteiger partial charge in [0.05, 0.1) is 17.7 Å². The highest BCUT2D eigenvalue weighted by Crippen LogP contribution is 2.38. The lowest BCUT2D eigenvalue weighted by atomic mass is 10.0. The molecule has 0 aliphatic heterocycles. The quantitative estimate of drug-likeness (QED) is 0.258. The first-order chi connectivity index (χ1) is 12.9. The summed E-state index contributed by atoms with van der Waals surface area (Å²) < 4.78 is 0. The van der Waals surface area contributed by atoms with Crippen LogP contribution >= 0.6 is 0 Å². The van der Waals surface area contributed by atoms with Crippen molar-refractivity contribution in [2.24, 2.45) is 4.99 Å². The molecule has 0 atom stereocenters. The van der Waals surface area contributed by atoms with Gasteiger partial charge in [-0.05, 0) is 26.1 Å². The first-order valence-electron chi connectivity index (χ1n) is 8.12. The van der Waals surface area contributed by atoms with Crippen LogP contribution in [0, 0.1) is 6.92 Å². The van der Waals surface area contributed by atoms with Crippen LogP contribution in [-0.2, 0) is 0 Å². The van der Waals surface area contributed by atoms with E-state index in [4.69, 9.17) is 0 Å². The number of aromatic hydroxyl groups is 3. The lowest BCUT2D eigenvalue weighted by Gasteiger charge is -2.12. The van der Waals surface area contributed by atoms with Crippen molar-refractivity contribution in [1.82, 2.24) is 15.3 Å². The molecule has 0 radical (unpaired) electrons. The SMILES string of the molecule is CNCCN=Cc1c(O)c(C)c(O)c2nc3c(C(=O)O)ccc(O)c3nc12. The topological polar surface area (TPSA) is 148 Å². The van der Waals surface area contributed by atoms with E-state index in [0.717, 1.165) is 0 Å². The van der Waals surface area contributed by atoms with Gasteiger partial charge in [0, 0.05) is 18.3 Å². The summed E-state index contributed by atoms with van der Waals surface area (Å²) in [7, 11) is 1.79. The van der Waals surface area contributed by atoms with Crippen LogP contribution in [0.3, 0.4) is 0 Å². The number of fused-ring (bicyclic) bond motifs is 2. The summed E-state index contributed by atoms with van der Waals surface area (Å²) in [5.41, 5.74) is 0.249. The Morgan fingerprint density at radius 2 is 1.81 bits per heavy atom. The van der Waals surface area contributed by atoms with Gasteiger partial charge in [-0.25, -0.2) is 14.8 Å². The van der Waals surface area contributed by atoms with Crippen LogP contribution in [0.5, 0.6) is 17.2 Å². The van der Waals surface area contributed by atoms with Crippen molar-refractivity contribution in [2.45, 2.75) is 6.92 Å². The lowest BCUT2D eigenvalue weighted by Crippen LogP contribution is -2.10. The molecule has 5 N–H and O–H groups in total. The van der Waals surface area contributed by atoms with E-state index in [0.29, 0.717) is 13.1 Å². The molecule has 3 aromatic rings. The molecule has 1 heterocycles. The number of carboxylic acids is 1. The van der Waals surface area contributed by atoms with Gasteiger partial charge in [-0.1, -0.05) is 0 Å². The van der Waals surface area contributed by atoms with E-state index in [-0.39, 0.29) is 56.0 Å². The number of nitrogens with zero attached hydrogens (tertiary/aromatic N) is 3. The number of aliphatic imine (C=N–C) groups is 1. The molecule has 0 unspecified atom stereocenters. The Labute approximate surface area is 153 Å². The molecule has 9 nitrogen and oxygen atoms in total. The van der Waals surface area contributed by atoms with Gasteiger partial charge in [0.1, 0.15) is 39.3 Å². The highest BCUT2D eigenvalue weighted by atomic mass is 16.4. The molecule has 0 bridgehead atoms. The molecule has 0 aliphatic rings. The monoisotopic (exact) mass is 370 g/mol. The molecule has 140 valence electrons. The first-order valence-corrected chi connectivity index (χ1v) is 8.12. The fourth-order valence-electron chi connectivity index (χ4n) is 2.71. The average molecular weight is 370 g/mol. The van der Waals surface area contributed by atoms with E-state index in [1.54, 1.807) is 7.05 Å². The van der Waals surface area contributed by atoms with Crippen LogP contribution < -0.4 is 5.32 Å². The van der Waals surface area contributed by atoms with Gasteiger partial charge < -0.3 is 25.7 Å². The van der Waals surface area contributed by atoms with Gasteiger partial charge in [-0.3, -0.25) is 4.99 Å². The third-order valence-corrected chi connectivity index (χ3v) is 4.19. The highest BCUT2D eigenvalue weighted by Gasteiger charge is 2.21. The molecule has 27 heavy (non-hydrogen) atoms. The summed E-state index contributed by atoms with van der Waals surface area (Å²) >= 11 is 0. The standard InChI is InChI=1S/C18H18N4O5/c1-8-16(24)10(7-20-6-5-19-2)13-15(17(8)25)22-12-9(18(26)27)3-4-11(23)14(12)21-13/h3-4,7,19,23-25H,5-6H2,1-2H3,(H,26,27). The van der Waals surface area contributed by atoms with Crippen LogP contribution in [0.4, 0.5) is 0 Å². The van der Waals surface area contributed by atoms with Crippen molar-refractivity contribution in [1.29, 1.82) is 0 Å².